The summed E-state index contributed by atoms with van der Waals surface area (Å²) in [6.45, 7) is -0.346. The number of ether oxygens (including phenoxy) is 1. The van der Waals surface area contributed by atoms with E-state index in [9.17, 15) is 9.59 Å². The molecule has 0 atom stereocenters. The molecule has 3 aromatic carbocycles. The van der Waals surface area contributed by atoms with Gasteiger partial charge in [-0.15, -0.1) is 0 Å². The van der Waals surface area contributed by atoms with Crippen LogP contribution in [0.5, 0.6) is 0 Å². The van der Waals surface area contributed by atoms with Crippen molar-refractivity contribution in [3.8, 4) is 0 Å². The van der Waals surface area contributed by atoms with Crippen molar-refractivity contribution in [2.24, 2.45) is 0 Å². The van der Waals surface area contributed by atoms with Crippen molar-refractivity contribution >= 4 is 27.8 Å². The molecular weight excluding hydrogens is 406 g/mol. The predicted molar refractivity (Wildman–Crippen MR) is 107 cm³/mol. The molecule has 5 heteroatoms. The molecule has 0 bridgehead atoms. The van der Waals surface area contributed by atoms with Crippen LogP contribution in [0.2, 0.25) is 0 Å². The van der Waals surface area contributed by atoms with Gasteiger partial charge >= 0.3 is 5.97 Å². The Balaban J connectivity index is 1.67. The average Bonchev–Trinajstić information content (AvgIpc) is 2.71. The Bertz CT molecular complexity index is 874. The first-order chi connectivity index (χ1) is 13.1. The summed E-state index contributed by atoms with van der Waals surface area (Å²) in [5.74, 6) is -0.904. The molecule has 0 saturated carbocycles. The number of carbonyl (C=O) groups excluding carboxylic acids is 2. The van der Waals surface area contributed by atoms with Gasteiger partial charge in [0, 0.05) is 4.47 Å². The van der Waals surface area contributed by atoms with Crippen molar-refractivity contribution in [2.75, 3.05) is 6.61 Å². The minimum Gasteiger partial charge on any atom is -0.452 e. The highest BCUT2D eigenvalue weighted by Crippen LogP contribution is 2.21. The first kappa shape index (κ1) is 18.9. The molecule has 3 aromatic rings. The highest BCUT2D eigenvalue weighted by Gasteiger charge is 2.18. The van der Waals surface area contributed by atoms with E-state index in [0.29, 0.717) is 5.56 Å². The van der Waals surface area contributed by atoms with Crippen molar-refractivity contribution in [1.82, 2.24) is 5.32 Å². The molecule has 0 heterocycles. The smallest absolute Gasteiger partial charge is 0.338 e. The number of hydrogen-bond donors (Lipinski definition) is 1. The summed E-state index contributed by atoms with van der Waals surface area (Å²) in [5, 5.41) is 2.94. The minimum atomic E-state index is -0.539. The van der Waals surface area contributed by atoms with Gasteiger partial charge in [-0.2, -0.15) is 0 Å². The van der Waals surface area contributed by atoms with Crippen LogP contribution in [0.15, 0.2) is 89.4 Å². The average molecular weight is 424 g/mol. The van der Waals surface area contributed by atoms with Crippen LogP contribution < -0.4 is 5.32 Å². The van der Waals surface area contributed by atoms with Crippen LogP contribution in [-0.2, 0) is 9.53 Å². The van der Waals surface area contributed by atoms with E-state index in [4.69, 9.17) is 4.74 Å². The van der Waals surface area contributed by atoms with E-state index in [0.717, 1.165) is 15.6 Å². The molecule has 4 nitrogen and oxygen atoms in total. The quantitative estimate of drug-likeness (QED) is 0.593. The summed E-state index contributed by atoms with van der Waals surface area (Å²) < 4.78 is 5.92. The Morgan fingerprint density at radius 1 is 0.852 bits per heavy atom. The largest absolute Gasteiger partial charge is 0.452 e. The number of rotatable bonds is 6. The summed E-state index contributed by atoms with van der Waals surface area (Å²) in [4.78, 5) is 24.5. The zero-order chi connectivity index (χ0) is 19.1. The molecule has 0 aliphatic heterocycles. The topological polar surface area (TPSA) is 55.4 Å². The second-order valence-electron chi connectivity index (χ2n) is 5.91. The molecule has 0 radical (unpaired) electrons. The maximum Gasteiger partial charge on any atom is 0.338 e. The summed E-state index contributed by atoms with van der Waals surface area (Å²) >= 11 is 3.31. The van der Waals surface area contributed by atoms with Crippen LogP contribution in [-0.4, -0.2) is 18.5 Å². The Morgan fingerprint density at radius 2 is 1.44 bits per heavy atom. The third kappa shape index (κ3) is 5.28. The van der Waals surface area contributed by atoms with Crippen LogP contribution >= 0.6 is 15.9 Å². The first-order valence-electron chi connectivity index (χ1n) is 8.45. The second kappa shape index (κ2) is 9.14. The SMILES string of the molecule is O=C(COC(=O)c1cccc(Br)c1)NC(c1ccccc1)c1ccccc1. The van der Waals surface area contributed by atoms with E-state index >= 15 is 0 Å². The monoisotopic (exact) mass is 423 g/mol. The maximum absolute atomic E-state index is 12.4. The third-order valence-electron chi connectivity index (χ3n) is 3.97. The highest BCUT2D eigenvalue weighted by atomic mass is 79.9. The Labute approximate surface area is 166 Å². The van der Waals surface area contributed by atoms with E-state index in [1.165, 1.54) is 0 Å². The number of hydrogen-bond acceptors (Lipinski definition) is 3. The fourth-order valence-corrected chi connectivity index (χ4v) is 3.08. The van der Waals surface area contributed by atoms with Gasteiger partial charge in [-0.05, 0) is 29.3 Å². The molecule has 1 N–H and O–H groups in total. The van der Waals surface area contributed by atoms with E-state index in [-0.39, 0.29) is 18.6 Å². The molecule has 0 spiro atoms. The van der Waals surface area contributed by atoms with E-state index in [1.54, 1.807) is 18.2 Å². The van der Waals surface area contributed by atoms with Crippen molar-refractivity contribution in [3.63, 3.8) is 0 Å². The van der Waals surface area contributed by atoms with Crippen LogP contribution in [0.4, 0.5) is 0 Å². The maximum atomic E-state index is 12.4. The molecule has 0 aromatic heterocycles. The number of carbonyl (C=O) groups is 2. The lowest BCUT2D eigenvalue weighted by Crippen LogP contribution is -2.33. The first-order valence-corrected chi connectivity index (χ1v) is 9.25. The summed E-state index contributed by atoms with van der Waals surface area (Å²) in [6.07, 6.45) is 0. The van der Waals surface area contributed by atoms with Gasteiger partial charge in [0.05, 0.1) is 11.6 Å². The van der Waals surface area contributed by atoms with Crippen LogP contribution in [0.25, 0.3) is 0 Å². The van der Waals surface area contributed by atoms with Gasteiger partial charge in [0.1, 0.15) is 0 Å². The van der Waals surface area contributed by atoms with Crippen molar-refractivity contribution in [1.29, 1.82) is 0 Å². The van der Waals surface area contributed by atoms with Crippen LogP contribution in [0.3, 0.4) is 0 Å². The minimum absolute atomic E-state index is 0.315. The lowest BCUT2D eigenvalue weighted by atomic mass is 9.99. The standard InChI is InChI=1S/C22H18BrNO3/c23-19-13-7-12-18(14-19)22(26)27-15-20(25)24-21(16-8-3-1-4-9-16)17-10-5-2-6-11-17/h1-14,21H,15H2,(H,24,25). The zero-order valence-electron chi connectivity index (χ0n) is 14.5. The van der Waals surface area contributed by atoms with Crippen molar-refractivity contribution < 1.29 is 14.3 Å². The molecule has 0 fully saturated rings. The molecule has 27 heavy (non-hydrogen) atoms. The van der Waals surface area contributed by atoms with Crippen LogP contribution in [0.1, 0.15) is 27.5 Å². The third-order valence-corrected chi connectivity index (χ3v) is 4.46. The Morgan fingerprint density at radius 3 is 2.00 bits per heavy atom. The fraction of sp³-hybridized carbons (Fsp3) is 0.0909. The van der Waals surface area contributed by atoms with E-state index < -0.39 is 5.97 Å². The molecule has 0 saturated heterocycles. The number of amides is 1. The van der Waals surface area contributed by atoms with E-state index in [1.807, 2.05) is 66.7 Å². The molecule has 3 rings (SSSR count). The van der Waals surface area contributed by atoms with Gasteiger partial charge < -0.3 is 10.1 Å². The number of benzene rings is 3. The van der Waals surface area contributed by atoms with Gasteiger partial charge in [-0.1, -0.05) is 82.7 Å². The number of halogens is 1. The van der Waals surface area contributed by atoms with Crippen molar-refractivity contribution in [3.05, 3.63) is 106 Å². The zero-order valence-corrected chi connectivity index (χ0v) is 16.1. The van der Waals surface area contributed by atoms with Gasteiger partial charge in [0.25, 0.3) is 5.91 Å². The lowest BCUT2D eigenvalue weighted by Gasteiger charge is -2.20. The summed E-state index contributed by atoms with van der Waals surface area (Å²) in [5.41, 5.74) is 2.30. The van der Waals surface area contributed by atoms with Gasteiger partial charge in [-0.3, -0.25) is 4.79 Å². The molecule has 0 aliphatic rings. The summed E-state index contributed by atoms with van der Waals surface area (Å²) in [6, 6.07) is 25.9. The number of nitrogens with one attached hydrogen (secondary N) is 1. The molecule has 136 valence electrons. The molecular formula is C22H18BrNO3. The van der Waals surface area contributed by atoms with Gasteiger partial charge in [0.2, 0.25) is 0 Å². The van der Waals surface area contributed by atoms with E-state index in [2.05, 4.69) is 21.2 Å². The fourth-order valence-electron chi connectivity index (χ4n) is 2.68. The highest BCUT2D eigenvalue weighted by molar-refractivity contribution is 9.10. The number of esters is 1. The van der Waals surface area contributed by atoms with Crippen LogP contribution in [0, 0.1) is 0 Å². The van der Waals surface area contributed by atoms with Gasteiger partial charge in [-0.25, -0.2) is 4.79 Å². The Hall–Kier alpha value is -2.92. The Kier molecular flexibility index (Phi) is 6.39. The normalized spacial score (nSPS) is 10.4. The molecule has 0 aliphatic carbocycles. The van der Waals surface area contributed by atoms with Crippen molar-refractivity contribution in [2.45, 2.75) is 6.04 Å². The predicted octanol–water partition coefficient (Wildman–Crippen LogP) is 4.51. The lowest BCUT2D eigenvalue weighted by molar-refractivity contribution is -0.124. The van der Waals surface area contributed by atoms with Gasteiger partial charge in [0.15, 0.2) is 6.61 Å². The molecule has 0 unspecified atom stereocenters. The summed E-state index contributed by atoms with van der Waals surface area (Å²) in [7, 11) is 0. The molecule has 1 amide bonds. The second-order valence-corrected chi connectivity index (χ2v) is 6.82.